The maximum absolute atomic E-state index is 13.2. The van der Waals surface area contributed by atoms with Crippen LogP contribution in [0.25, 0.3) is 0 Å². The van der Waals surface area contributed by atoms with Gasteiger partial charge in [0, 0.05) is 44.5 Å². The molecular formula is C20H28N4O3. The quantitative estimate of drug-likeness (QED) is 0.763. The number of piperidine rings is 1. The molecule has 7 heteroatoms. The van der Waals surface area contributed by atoms with Crippen molar-refractivity contribution in [2.24, 2.45) is 11.8 Å². The van der Waals surface area contributed by atoms with Gasteiger partial charge in [-0.2, -0.15) is 0 Å². The van der Waals surface area contributed by atoms with E-state index < -0.39 is 0 Å². The lowest BCUT2D eigenvalue weighted by Gasteiger charge is -2.29. The minimum Gasteiger partial charge on any atom is -0.341 e. The molecule has 2 aliphatic heterocycles. The predicted molar refractivity (Wildman–Crippen MR) is 101 cm³/mol. The lowest BCUT2D eigenvalue weighted by molar-refractivity contribution is -0.137. The van der Waals surface area contributed by atoms with Gasteiger partial charge in [0.1, 0.15) is 6.54 Å². The summed E-state index contributed by atoms with van der Waals surface area (Å²) in [5.41, 5.74) is -0.170. The fraction of sp³-hybridized carbons (Fsp3) is 0.650. The number of likely N-dealkylation sites (N-methyl/N-ethyl adjacent to an activating group) is 1. The molecule has 3 atom stereocenters. The fourth-order valence-electron chi connectivity index (χ4n) is 4.96. The number of nitrogens with zero attached hydrogens (tertiary/aromatic N) is 4. The largest absolute Gasteiger partial charge is 0.341 e. The summed E-state index contributed by atoms with van der Waals surface area (Å²) in [5.74, 6) is 0.374. The van der Waals surface area contributed by atoms with E-state index >= 15 is 0 Å². The minimum atomic E-state index is -0.170. The first kappa shape index (κ1) is 18.2. The van der Waals surface area contributed by atoms with Crippen molar-refractivity contribution in [1.29, 1.82) is 0 Å². The van der Waals surface area contributed by atoms with Gasteiger partial charge in [-0.1, -0.05) is 6.07 Å². The summed E-state index contributed by atoms with van der Waals surface area (Å²) < 4.78 is 1.44. The molecule has 1 aromatic heterocycles. The second kappa shape index (κ2) is 7.46. The Hall–Kier alpha value is -2.15. The van der Waals surface area contributed by atoms with Crippen LogP contribution in [0.15, 0.2) is 29.2 Å². The molecular weight excluding hydrogens is 344 g/mol. The summed E-state index contributed by atoms with van der Waals surface area (Å²) in [6.45, 7) is 4.23. The van der Waals surface area contributed by atoms with E-state index in [1.54, 1.807) is 18.3 Å². The molecule has 0 unspecified atom stereocenters. The van der Waals surface area contributed by atoms with Crippen LogP contribution in [0, 0.1) is 11.8 Å². The Balaban J connectivity index is 1.45. The van der Waals surface area contributed by atoms with Crippen molar-refractivity contribution in [3.8, 4) is 0 Å². The van der Waals surface area contributed by atoms with Crippen LogP contribution in [0.3, 0.4) is 0 Å². The van der Waals surface area contributed by atoms with E-state index in [0.717, 1.165) is 45.4 Å². The van der Waals surface area contributed by atoms with Crippen LogP contribution in [0.5, 0.6) is 0 Å². The highest BCUT2D eigenvalue weighted by atomic mass is 16.2. The van der Waals surface area contributed by atoms with E-state index in [1.807, 2.05) is 9.80 Å². The number of hydrogen-bond donors (Lipinski definition) is 0. The van der Waals surface area contributed by atoms with E-state index in [4.69, 9.17) is 0 Å². The molecule has 2 amide bonds. The van der Waals surface area contributed by atoms with Crippen molar-refractivity contribution in [2.45, 2.75) is 31.8 Å². The number of aromatic nitrogens is 1. The van der Waals surface area contributed by atoms with Crippen LogP contribution in [0.4, 0.5) is 0 Å². The standard InChI is InChI=1S/C20H28N4O3/c1-21-8-4-10-22(12-11-21)20(27)19-15-6-7-16(19)24(13-15)18(26)14-23-9-3-2-5-17(23)25/h2-3,5,9,15-16,19H,4,6-8,10-14H2,1H3/t15-,16-,19+/m0/s1. The van der Waals surface area contributed by atoms with Crippen LogP contribution in [-0.2, 0) is 16.1 Å². The zero-order valence-electron chi connectivity index (χ0n) is 15.9. The highest BCUT2D eigenvalue weighted by Gasteiger charge is 2.52. The summed E-state index contributed by atoms with van der Waals surface area (Å²) >= 11 is 0. The number of fused-ring (bicyclic) bond motifs is 2. The van der Waals surface area contributed by atoms with Gasteiger partial charge in [0.15, 0.2) is 0 Å². The molecule has 0 N–H and O–H groups in total. The maximum atomic E-state index is 13.2. The Morgan fingerprint density at radius 2 is 1.96 bits per heavy atom. The van der Waals surface area contributed by atoms with Gasteiger partial charge in [-0.05, 0) is 44.8 Å². The van der Waals surface area contributed by atoms with Gasteiger partial charge in [0.2, 0.25) is 11.8 Å². The minimum absolute atomic E-state index is 0.00426. The number of rotatable bonds is 3. The third kappa shape index (κ3) is 3.52. The van der Waals surface area contributed by atoms with Gasteiger partial charge in [-0.3, -0.25) is 14.4 Å². The van der Waals surface area contributed by atoms with Crippen molar-refractivity contribution < 1.29 is 9.59 Å². The molecule has 1 saturated carbocycles. The molecule has 1 aromatic rings. The van der Waals surface area contributed by atoms with E-state index in [1.165, 1.54) is 10.6 Å². The van der Waals surface area contributed by atoms with Gasteiger partial charge in [0.05, 0.1) is 5.92 Å². The lowest BCUT2D eigenvalue weighted by atomic mass is 9.96. The van der Waals surface area contributed by atoms with Gasteiger partial charge in [-0.15, -0.1) is 0 Å². The number of carbonyl (C=O) groups is 2. The topological polar surface area (TPSA) is 65.9 Å². The number of likely N-dealkylation sites (tertiary alicyclic amines) is 1. The third-order valence-electron chi connectivity index (χ3n) is 6.43. The number of pyridine rings is 1. The summed E-state index contributed by atoms with van der Waals surface area (Å²) in [6.07, 6.45) is 4.56. The molecule has 3 aliphatic rings. The Bertz CT molecular complexity index is 776. The van der Waals surface area contributed by atoms with Gasteiger partial charge in [0.25, 0.3) is 5.56 Å². The molecule has 2 bridgehead atoms. The molecule has 146 valence electrons. The average molecular weight is 372 g/mol. The molecule has 0 aromatic carbocycles. The Morgan fingerprint density at radius 3 is 2.78 bits per heavy atom. The second-order valence-electron chi connectivity index (χ2n) is 8.13. The zero-order valence-corrected chi connectivity index (χ0v) is 15.9. The van der Waals surface area contributed by atoms with Gasteiger partial charge < -0.3 is 19.3 Å². The molecule has 3 heterocycles. The van der Waals surface area contributed by atoms with E-state index in [2.05, 4.69) is 11.9 Å². The highest BCUT2D eigenvalue weighted by molar-refractivity contribution is 5.84. The molecule has 27 heavy (non-hydrogen) atoms. The maximum Gasteiger partial charge on any atom is 0.250 e. The Morgan fingerprint density at radius 1 is 1.11 bits per heavy atom. The fourth-order valence-corrected chi connectivity index (χ4v) is 4.96. The average Bonchev–Trinajstić information content (AvgIpc) is 3.16. The second-order valence-corrected chi connectivity index (χ2v) is 8.13. The Kier molecular flexibility index (Phi) is 5.04. The number of hydrogen-bond acceptors (Lipinski definition) is 4. The molecule has 3 fully saturated rings. The first-order valence-corrected chi connectivity index (χ1v) is 9.97. The Labute approximate surface area is 159 Å². The summed E-state index contributed by atoms with van der Waals surface area (Å²) in [5, 5.41) is 0. The van der Waals surface area contributed by atoms with Crippen LogP contribution in [0.2, 0.25) is 0 Å². The molecule has 4 rings (SSSR count). The SMILES string of the molecule is CN1CCCN(C(=O)[C@@H]2[C@H]3CC[C@@H]2N(C(=O)Cn2ccccc2=O)C3)CC1. The van der Waals surface area contributed by atoms with Crippen LogP contribution < -0.4 is 5.56 Å². The predicted octanol–water partition coefficient (Wildman–Crippen LogP) is 0.249. The summed E-state index contributed by atoms with van der Waals surface area (Å²) in [6, 6.07) is 4.89. The first-order valence-electron chi connectivity index (χ1n) is 9.97. The lowest BCUT2D eigenvalue weighted by Crippen LogP contribution is -2.45. The smallest absolute Gasteiger partial charge is 0.250 e. The van der Waals surface area contributed by atoms with Crippen molar-refractivity contribution in [1.82, 2.24) is 19.3 Å². The van der Waals surface area contributed by atoms with E-state index in [0.29, 0.717) is 6.54 Å². The van der Waals surface area contributed by atoms with Crippen molar-refractivity contribution in [3.63, 3.8) is 0 Å². The van der Waals surface area contributed by atoms with Crippen molar-refractivity contribution >= 4 is 11.8 Å². The molecule has 7 nitrogen and oxygen atoms in total. The highest BCUT2D eigenvalue weighted by Crippen LogP contribution is 2.43. The molecule has 0 spiro atoms. The normalized spacial score (nSPS) is 28.4. The van der Waals surface area contributed by atoms with Crippen LogP contribution in [-0.4, -0.2) is 76.9 Å². The number of carbonyl (C=O) groups excluding carboxylic acids is 2. The molecule has 0 radical (unpaired) electrons. The van der Waals surface area contributed by atoms with E-state index in [-0.39, 0.29) is 41.8 Å². The summed E-state index contributed by atoms with van der Waals surface area (Å²) in [4.78, 5) is 44.1. The van der Waals surface area contributed by atoms with Crippen molar-refractivity contribution in [3.05, 3.63) is 34.7 Å². The van der Waals surface area contributed by atoms with Crippen LogP contribution in [0.1, 0.15) is 19.3 Å². The van der Waals surface area contributed by atoms with Gasteiger partial charge >= 0.3 is 0 Å². The van der Waals surface area contributed by atoms with E-state index in [9.17, 15) is 14.4 Å². The molecule has 1 aliphatic carbocycles. The third-order valence-corrected chi connectivity index (χ3v) is 6.43. The van der Waals surface area contributed by atoms with Gasteiger partial charge in [-0.25, -0.2) is 0 Å². The zero-order chi connectivity index (χ0) is 19.0. The monoisotopic (exact) mass is 372 g/mol. The number of amides is 2. The molecule has 2 saturated heterocycles. The van der Waals surface area contributed by atoms with Crippen molar-refractivity contribution in [2.75, 3.05) is 39.8 Å². The summed E-state index contributed by atoms with van der Waals surface area (Å²) in [7, 11) is 2.10. The first-order chi connectivity index (χ1) is 13.0. The van der Waals surface area contributed by atoms with Crippen LogP contribution >= 0.6 is 0 Å².